The average Bonchev–Trinajstić information content (AvgIpc) is 3.24. The van der Waals surface area contributed by atoms with E-state index in [0.717, 1.165) is 5.56 Å². The van der Waals surface area contributed by atoms with E-state index in [0.29, 0.717) is 12.6 Å². The third-order valence-electron chi connectivity index (χ3n) is 6.11. The minimum Gasteiger partial charge on any atom is -0.444 e. The van der Waals surface area contributed by atoms with Gasteiger partial charge in [-0.15, -0.1) is 0 Å². The predicted octanol–water partition coefficient (Wildman–Crippen LogP) is 4.03. The van der Waals surface area contributed by atoms with Gasteiger partial charge in [0, 0.05) is 6.04 Å². The van der Waals surface area contributed by atoms with Crippen molar-refractivity contribution in [2.24, 2.45) is 0 Å². The van der Waals surface area contributed by atoms with Gasteiger partial charge in [-0.05, 0) is 70.9 Å². The fourth-order valence-electron chi connectivity index (χ4n) is 4.39. The van der Waals surface area contributed by atoms with Crippen molar-refractivity contribution in [3.05, 3.63) is 90.5 Å². The smallest absolute Gasteiger partial charge is 0.410 e. The Labute approximate surface area is 229 Å². The van der Waals surface area contributed by atoms with Gasteiger partial charge in [-0.3, -0.25) is 4.18 Å². The first-order chi connectivity index (χ1) is 17.5. The molecule has 1 saturated heterocycles. The molecule has 0 radical (unpaired) electrons. The van der Waals surface area contributed by atoms with Crippen LogP contribution in [0.25, 0.3) is 0 Å². The molecule has 0 spiro atoms. The minimum atomic E-state index is -3.97. The summed E-state index contributed by atoms with van der Waals surface area (Å²) in [4.78, 5) is 15.0. The van der Waals surface area contributed by atoms with Gasteiger partial charge in [0.15, 0.2) is 0 Å². The van der Waals surface area contributed by atoms with Crippen molar-refractivity contribution in [2.75, 3.05) is 12.7 Å². The molecule has 9 heteroatoms. The Hall–Kier alpha value is -2.67. The number of benzene rings is 3. The Morgan fingerprint density at radius 2 is 1.45 bits per heavy atom. The van der Waals surface area contributed by atoms with Crippen molar-refractivity contribution >= 4 is 43.2 Å². The molecule has 1 fully saturated rings. The lowest BCUT2D eigenvalue weighted by Gasteiger charge is -2.31. The number of likely N-dealkylation sites (tertiary alicyclic amines) is 1. The summed E-state index contributed by atoms with van der Waals surface area (Å²) in [7, 11) is -4.77. The first-order valence-electron chi connectivity index (χ1n) is 12.4. The second kappa shape index (κ2) is 12.5. The van der Waals surface area contributed by atoms with E-state index in [1.807, 2.05) is 64.1 Å². The van der Waals surface area contributed by atoms with E-state index < -0.39 is 35.8 Å². The van der Waals surface area contributed by atoms with Crippen LogP contribution in [0.3, 0.4) is 0 Å². The number of hydrogen-bond donors (Lipinski definition) is 0. The van der Waals surface area contributed by atoms with Crippen molar-refractivity contribution in [1.82, 2.24) is 4.90 Å². The van der Waals surface area contributed by atoms with Crippen LogP contribution in [0.2, 0.25) is 0 Å². The van der Waals surface area contributed by atoms with Crippen LogP contribution >= 0.6 is 7.92 Å². The lowest BCUT2D eigenvalue weighted by molar-refractivity contribution is 0.0226. The quantitative estimate of drug-likeness (QED) is 0.251. The lowest BCUT2D eigenvalue weighted by atomic mass is 10.2. The summed E-state index contributed by atoms with van der Waals surface area (Å²) in [5.74, 6) is 0. The van der Waals surface area contributed by atoms with Crippen LogP contribution < -0.4 is 10.6 Å². The summed E-state index contributed by atoms with van der Waals surface area (Å²) < 4.78 is 37.4. The Morgan fingerprint density at radius 3 is 1.95 bits per heavy atom. The van der Waals surface area contributed by atoms with Crippen LogP contribution in [-0.2, 0) is 19.0 Å². The maximum atomic E-state index is 13.3. The van der Waals surface area contributed by atoms with Crippen LogP contribution in [-0.4, -0.2) is 58.3 Å². The second-order valence-corrected chi connectivity index (χ2v) is 14.1. The van der Waals surface area contributed by atoms with E-state index >= 15 is 0 Å². The minimum absolute atomic E-state index is 0. The van der Waals surface area contributed by atoms with Crippen LogP contribution in [0.4, 0.5) is 4.79 Å². The number of hydrogen-bond acceptors (Lipinski definition) is 5. The molecule has 3 aromatic rings. The predicted molar refractivity (Wildman–Crippen MR) is 158 cm³/mol. The highest BCUT2D eigenvalue weighted by molar-refractivity contribution is 7.86. The molecule has 1 aliphatic heterocycles. The van der Waals surface area contributed by atoms with Gasteiger partial charge in [-0.25, -0.2) is 4.79 Å². The topological polar surface area (TPSA) is 72.9 Å². The number of nitrogens with zero attached hydrogens (tertiary/aromatic N) is 1. The molecule has 6 nitrogen and oxygen atoms in total. The summed E-state index contributed by atoms with van der Waals surface area (Å²) in [6.07, 6.45) is -0.0322. The Balaban J connectivity index is 0.00000400. The number of ether oxygens (including phenoxy) is 1. The van der Waals surface area contributed by atoms with E-state index in [2.05, 4.69) is 24.3 Å². The summed E-state index contributed by atoms with van der Waals surface area (Å²) in [6.45, 7) is 7.53. The van der Waals surface area contributed by atoms with Gasteiger partial charge in [0.05, 0.1) is 26.0 Å². The summed E-state index contributed by atoms with van der Waals surface area (Å²) in [5, 5.41) is 2.40. The number of aryl methyl sites for hydroxylation is 1. The molecule has 0 N–H and O–H groups in total. The first-order valence-corrected chi connectivity index (χ1v) is 15.3. The largest absolute Gasteiger partial charge is 0.444 e. The van der Waals surface area contributed by atoms with Gasteiger partial charge in [0.25, 0.3) is 10.1 Å². The fraction of sp³-hybridized carbons (Fsp3) is 0.345. The Morgan fingerprint density at radius 1 is 0.921 bits per heavy atom. The molecule has 0 saturated carbocycles. The number of carbonyl (C=O) groups excluding carboxylic acids is 1. The van der Waals surface area contributed by atoms with Gasteiger partial charge in [0.2, 0.25) is 0 Å². The van der Waals surface area contributed by atoms with Crippen molar-refractivity contribution in [3.8, 4) is 0 Å². The normalized spacial score (nSPS) is 17.8. The fourth-order valence-corrected chi connectivity index (χ4v) is 8.02. The molecule has 1 aliphatic rings. The zero-order valence-electron chi connectivity index (χ0n) is 21.7. The van der Waals surface area contributed by atoms with Crippen molar-refractivity contribution < 1.29 is 22.1 Å². The molecular formula is C29H37BNO5PS. The monoisotopic (exact) mass is 553 g/mol. The van der Waals surface area contributed by atoms with E-state index in [1.165, 1.54) is 10.6 Å². The maximum Gasteiger partial charge on any atom is 0.410 e. The molecule has 3 aromatic carbocycles. The van der Waals surface area contributed by atoms with Crippen molar-refractivity contribution in [1.29, 1.82) is 0 Å². The van der Waals surface area contributed by atoms with Crippen LogP contribution in [0.15, 0.2) is 89.8 Å². The highest BCUT2D eigenvalue weighted by atomic mass is 32.2. The Kier molecular flexibility index (Phi) is 9.80. The number of rotatable bonds is 7. The van der Waals surface area contributed by atoms with E-state index in [9.17, 15) is 13.2 Å². The van der Waals surface area contributed by atoms with Crippen LogP contribution in [0.5, 0.6) is 0 Å². The molecular weight excluding hydrogens is 516 g/mol. The van der Waals surface area contributed by atoms with Gasteiger partial charge >= 0.3 is 6.09 Å². The van der Waals surface area contributed by atoms with Crippen molar-refractivity contribution in [2.45, 2.75) is 56.8 Å². The highest BCUT2D eigenvalue weighted by Crippen LogP contribution is 2.39. The zero-order chi connectivity index (χ0) is 26.6. The first kappa shape index (κ1) is 29.9. The summed E-state index contributed by atoms with van der Waals surface area (Å²) >= 11 is 0. The van der Waals surface area contributed by atoms with Gasteiger partial charge in [-0.1, -0.05) is 78.4 Å². The lowest BCUT2D eigenvalue weighted by Crippen LogP contribution is -2.42. The number of amides is 1. The standard InChI is InChI=1S/C29H34NO5PS.BH3/c1-22-15-17-27(18-16-22)37(32,33)35-24-19-23(30(20-24)28(31)34-29(2,3)4)21-36(25-11-7-5-8-12-25)26-13-9-6-10-14-26;/h5-18,23-24H,19-21H2,1-4H3;1H3/t23-,24+;/m0./s1. The molecule has 202 valence electrons. The SMILES string of the molecule is B.Cc1ccc(S(=O)(=O)O[C@@H]2C[C@@H](CP(c3ccccc3)c3ccccc3)N(C(=O)OC(C)(C)C)C2)cc1. The maximum absolute atomic E-state index is 13.3. The highest BCUT2D eigenvalue weighted by Gasteiger charge is 2.41. The average molecular weight is 553 g/mol. The third-order valence-corrected chi connectivity index (χ3v) is 10.1. The molecule has 2 atom stereocenters. The van der Waals surface area contributed by atoms with Gasteiger partial charge in [-0.2, -0.15) is 8.42 Å². The molecule has 0 bridgehead atoms. The molecule has 4 rings (SSSR count). The summed E-state index contributed by atoms with van der Waals surface area (Å²) in [6, 6.07) is 26.9. The molecule has 1 heterocycles. The van der Waals surface area contributed by atoms with Crippen LogP contribution in [0, 0.1) is 6.92 Å². The second-order valence-electron chi connectivity index (χ2n) is 10.3. The zero-order valence-corrected chi connectivity index (χ0v) is 23.4. The van der Waals surface area contributed by atoms with Crippen molar-refractivity contribution in [3.63, 3.8) is 0 Å². The Bertz CT molecular complexity index is 1260. The number of carbonyl (C=O) groups is 1. The van der Waals surface area contributed by atoms with E-state index in [1.54, 1.807) is 29.2 Å². The van der Waals surface area contributed by atoms with Crippen LogP contribution in [0.1, 0.15) is 32.8 Å². The van der Waals surface area contributed by atoms with Gasteiger partial charge in [0.1, 0.15) is 5.60 Å². The van der Waals surface area contributed by atoms with E-state index in [4.69, 9.17) is 8.92 Å². The van der Waals surface area contributed by atoms with E-state index in [-0.39, 0.29) is 25.9 Å². The molecule has 0 aromatic heterocycles. The molecule has 38 heavy (non-hydrogen) atoms. The summed E-state index contributed by atoms with van der Waals surface area (Å²) in [5.41, 5.74) is 0.296. The molecule has 0 unspecified atom stereocenters. The molecule has 1 amide bonds. The molecule has 0 aliphatic carbocycles. The van der Waals surface area contributed by atoms with Gasteiger partial charge < -0.3 is 9.64 Å². The third kappa shape index (κ3) is 7.69.